The van der Waals surface area contributed by atoms with Crippen LogP contribution in [0.3, 0.4) is 0 Å². The van der Waals surface area contributed by atoms with E-state index in [1.54, 1.807) is 0 Å². The third-order valence-electron chi connectivity index (χ3n) is 3.26. The summed E-state index contributed by atoms with van der Waals surface area (Å²) in [4.78, 5) is 2.03. The SMILES string of the molecule is CCCNCc1nnc(N(CCO)C2CCC2)o1. The molecule has 2 N–H and O–H groups in total. The van der Waals surface area contributed by atoms with Crippen molar-refractivity contribution >= 4 is 6.01 Å². The van der Waals surface area contributed by atoms with Crippen LogP contribution in [0.25, 0.3) is 0 Å². The molecule has 18 heavy (non-hydrogen) atoms. The van der Waals surface area contributed by atoms with E-state index in [2.05, 4.69) is 22.4 Å². The summed E-state index contributed by atoms with van der Waals surface area (Å²) in [7, 11) is 0. The Labute approximate surface area is 107 Å². The van der Waals surface area contributed by atoms with Crippen LogP contribution in [0.15, 0.2) is 4.42 Å². The van der Waals surface area contributed by atoms with Crippen molar-refractivity contribution in [2.45, 2.75) is 45.2 Å². The quantitative estimate of drug-likeness (QED) is 0.672. The van der Waals surface area contributed by atoms with Gasteiger partial charge in [0.15, 0.2) is 0 Å². The molecule has 1 heterocycles. The Morgan fingerprint density at radius 2 is 2.28 bits per heavy atom. The number of nitrogens with zero attached hydrogens (tertiary/aromatic N) is 3. The number of aromatic nitrogens is 2. The van der Waals surface area contributed by atoms with Crippen LogP contribution < -0.4 is 10.2 Å². The molecule has 0 spiro atoms. The van der Waals surface area contributed by atoms with Crippen molar-refractivity contribution in [2.75, 3.05) is 24.6 Å². The molecule has 6 heteroatoms. The molecule has 1 saturated carbocycles. The van der Waals surface area contributed by atoms with Crippen LogP contribution in [0, 0.1) is 0 Å². The molecule has 102 valence electrons. The van der Waals surface area contributed by atoms with Crippen LogP contribution in [0.5, 0.6) is 0 Å². The summed E-state index contributed by atoms with van der Waals surface area (Å²) < 4.78 is 5.63. The van der Waals surface area contributed by atoms with Gasteiger partial charge in [0.05, 0.1) is 13.2 Å². The maximum atomic E-state index is 9.10. The molecule has 1 fully saturated rings. The third kappa shape index (κ3) is 3.20. The van der Waals surface area contributed by atoms with Gasteiger partial charge < -0.3 is 19.7 Å². The first-order chi connectivity index (χ1) is 8.85. The lowest BCUT2D eigenvalue weighted by atomic mass is 9.92. The van der Waals surface area contributed by atoms with E-state index in [-0.39, 0.29) is 6.61 Å². The molecule has 0 amide bonds. The zero-order chi connectivity index (χ0) is 12.8. The summed E-state index contributed by atoms with van der Waals surface area (Å²) in [5, 5.41) is 20.4. The second-order valence-corrected chi connectivity index (χ2v) is 4.66. The molecule has 0 bridgehead atoms. The number of nitrogens with one attached hydrogen (secondary N) is 1. The summed E-state index contributed by atoms with van der Waals surface area (Å²) >= 11 is 0. The fourth-order valence-corrected chi connectivity index (χ4v) is 2.04. The Morgan fingerprint density at radius 3 is 2.89 bits per heavy atom. The second-order valence-electron chi connectivity index (χ2n) is 4.66. The highest BCUT2D eigenvalue weighted by Crippen LogP contribution is 2.28. The molecule has 1 aromatic rings. The topological polar surface area (TPSA) is 74.4 Å². The van der Waals surface area contributed by atoms with E-state index < -0.39 is 0 Å². The Morgan fingerprint density at radius 1 is 1.44 bits per heavy atom. The molecular weight excluding hydrogens is 232 g/mol. The van der Waals surface area contributed by atoms with E-state index in [0.717, 1.165) is 25.8 Å². The maximum absolute atomic E-state index is 9.10. The van der Waals surface area contributed by atoms with Crippen LogP contribution in [0.2, 0.25) is 0 Å². The van der Waals surface area contributed by atoms with Crippen molar-refractivity contribution in [3.8, 4) is 0 Å². The minimum absolute atomic E-state index is 0.113. The van der Waals surface area contributed by atoms with Gasteiger partial charge in [-0.05, 0) is 32.2 Å². The Bertz CT molecular complexity index is 352. The number of hydrogen-bond donors (Lipinski definition) is 2. The van der Waals surface area contributed by atoms with Crippen LogP contribution >= 0.6 is 0 Å². The van der Waals surface area contributed by atoms with Crippen molar-refractivity contribution in [1.82, 2.24) is 15.5 Å². The number of hydrogen-bond acceptors (Lipinski definition) is 6. The first kappa shape index (κ1) is 13.3. The highest BCUT2D eigenvalue weighted by atomic mass is 16.4. The summed E-state index contributed by atoms with van der Waals surface area (Å²) in [5.74, 6) is 0.612. The average Bonchev–Trinajstić information content (AvgIpc) is 2.75. The molecular formula is C12H22N4O2. The molecule has 0 atom stereocenters. The normalized spacial score (nSPS) is 15.7. The molecule has 0 radical (unpaired) electrons. The molecule has 0 unspecified atom stereocenters. The minimum Gasteiger partial charge on any atom is -0.407 e. The lowest BCUT2D eigenvalue weighted by molar-refractivity contribution is 0.275. The summed E-state index contributed by atoms with van der Waals surface area (Å²) in [6.07, 6.45) is 4.61. The van der Waals surface area contributed by atoms with E-state index in [1.807, 2.05) is 4.90 Å². The van der Waals surface area contributed by atoms with Gasteiger partial charge in [-0.15, -0.1) is 5.10 Å². The lowest BCUT2D eigenvalue weighted by Gasteiger charge is -2.35. The standard InChI is InChI=1S/C12H22N4O2/c1-2-6-13-9-11-14-15-12(18-11)16(7-8-17)10-4-3-5-10/h10,13,17H,2-9H2,1H3. The predicted molar refractivity (Wildman–Crippen MR) is 68.4 cm³/mol. The average molecular weight is 254 g/mol. The van der Waals surface area contributed by atoms with Gasteiger partial charge in [0, 0.05) is 12.6 Å². The molecule has 1 aliphatic carbocycles. The fraction of sp³-hybridized carbons (Fsp3) is 0.833. The number of aliphatic hydroxyl groups is 1. The van der Waals surface area contributed by atoms with Gasteiger partial charge in [-0.2, -0.15) is 0 Å². The van der Waals surface area contributed by atoms with Gasteiger partial charge in [-0.25, -0.2) is 0 Å². The van der Waals surface area contributed by atoms with Gasteiger partial charge in [-0.3, -0.25) is 0 Å². The maximum Gasteiger partial charge on any atom is 0.318 e. The van der Waals surface area contributed by atoms with E-state index >= 15 is 0 Å². The van der Waals surface area contributed by atoms with E-state index in [0.29, 0.717) is 31.0 Å². The molecule has 1 aromatic heterocycles. The predicted octanol–water partition coefficient (Wildman–Crippen LogP) is 0.920. The highest BCUT2D eigenvalue weighted by molar-refractivity contribution is 5.27. The van der Waals surface area contributed by atoms with Crippen LogP contribution in [-0.2, 0) is 6.54 Å². The first-order valence-electron chi connectivity index (χ1n) is 6.75. The second kappa shape index (κ2) is 6.70. The molecule has 1 aliphatic rings. The third-order valence-corrected chi connectivity index (χ3v) is 3.26. The van der Waals surface area contributed by atoms with E-state index in [1.165, 1.54) is 6.42 Å². The van der Waals surface area contributed by atoms with Crippen molar-refractivity contribution in [3.05, 3.63) is 5.89 Å². The zero-order valence-corrected chi connectivity index (χ0v) is 10.9. The highest BCUT2D eigenvalue weighted by Gasteiger charge is 2.28. The molecule has 2 rings (SSSR count). The number of rotatable bonds is 8. The summed E-state index contributed by atoms with van der Waals surface area (Å²) in [6.45, 7) is 4.35. The van der Waals surface area contributed by atoms with Gasteiger partial charge >= 0.3 is 6.01 Å². The summed E-state index contributed by atoms with van der Waals surface area (Å²) in [6, 6.07) is 0.996. The number of anilines is 1. The molecule has 0 aliphatic heterocycles. The number of aliphatic hydroxyl groups excluding tert-OH is 1. The van der Waals surface area contributed by atoms with Gasteiger partial charge in [0.2, 0.25) is 5.89 Å². The monoisotopic (exact) mass is 254 g/mol. The van der Waals surface area contributed by atoms with Crippen LogP contribution in [-0.4, -0.2) is 41.0 Å². The van der Waals surface area contributed by atoms with Gasteiger partial charge in [-0.1, -0.05) is 12.0 Å². The van der Waals surface area contributed by atoms with Crippen molar-refractivity contribution in [2.24, 2.45) is 0 Å². The smallest absolute Gasteiger partial charge is 0.318 e. The van der Waals surface area contributed by atoms with Crippen molar-refractivity contribution < 1.29 is 9.52 Å². The van der Waals surface area contributed by atoms with Crippen molar-refractivity contribution in [3.63, 3.8) is 0 Å². The van der Waals surface area contributed by atoms with Crippen LogP contribution in [0.1, 0.15) is 38.5 Å². The Kier molecular flexibility index (Phi) is 4.95. The zero-order valence-electron chi connectivity index (χ0n) is 10.9. The van der Waals surface area contributed by atoms with Gasteiger partial charge in [0.25, 0.3) is 0 Å². The first-order valence-corrected chi connectivity index (χ1v) is 6.75. The van der Waals surface area contributed by atoms with Crippen molar-refractivity contribution in [1.29, 1.82) is 0 Å². The molecule has 0 aromatic carbocycles. The lowest BCUT2D eigenvalue weighted by Crippen LogP contribution is -2.42. The minimum atomic E-state index is 0.113. The Balaban J connectivity index is 1.92. The summed E-state index contributed by atoms with van der Waals surface area (Å²) in [5.41, 5.74) is 0. The largest absolute Gasteiger partial charge is 0.407 e. The molecule has 6 nitrogen and oxygen atoms in total. The van der Waals surface area contributed by atoms with Gasteiger partial charge in [0.1, 0.15) is 0 Å². The fourth-order valence-electron chi connectivity index (χ4n) is 2.04. The van der Waals surface area contributed by atoms with E-state index in [4.69, 9.17) is 9.52 Å². The Hall–Kier alpha value is -1.14. The van der Waals surface area contributed by atoms with Crippen LogP contribution in [0.4, 0.5) is 6.01 Å². The molecule has 0 saturated heterocycles. The van der Waals surface area contributed by atoms with E-state index in [9.17, 15) is 0 Å².